The number of hydrogen-bond donors (Lipinski definition) is 1. The number of sulfonamides is 1. The molecule has 0 unspecified atom stereocenters. The number of nitrogens with zero attached hydrogens (tertiary/aromatic N) is 2. The number of amides is 1. The molecule has 2 heterocycles. The zero-order chi connectivity index (χ0) is 16.3. The second kappa shape index (κ2) is 6.16. The summed E-state index contributed by atoms with van der Waals surface area (Å²) in [4.78, 5) is 15.9. The van der Waals surface area contributed by atoms with Gasteiger partial charge in [-0.25, -0.2) is 17.7 Å². The highest BCUT2D eigenvalue weighted by Crippen LogP contribution is 2.18. The fourth-order valence-corrected chi connectivity index (χ4v) is 2.32. The van der Waals surface area contributed by atoms with Gasteiger partial charge in [0.2, 0.25) is 11.0 Å². The Morgan fingerprint density at radius 2 is 2.00 bits per heavy atom. The zero-order valence-electron chi connectivity index (χ0n) is 12.2. The maximum absolute atomic E-state index is 12.0. The van der Waals surface area contributed by atoms with Crippen LogP contribution in [0.2, 0.25) is 0 Å². The molecule has 1 N–H and O–H groups in total. The van der Waals surface area contributed by atoms with E-state index in [1.807, 2.05) is 0 Å². The van der Waals surface area contributed by atoms with Gasteiger partial charge >= 0.3 is 0 Å². The number of furan rings is 1. The molecule has 0 aliphatic carbocycles. The second-order valence-corrected chi connectivity index (χ2v) is 6.53. The Balaban J connectivity index is 2.15. The van der Waals surface area contributed by atoms with Gasteiger partial charge in [0.05, 0.1) is 19.0 Å². The van der Waals surface area contributed by atoms with Crippen molar-refractivity contribution in [3.63, 3.8) is 0 Å². The zero-order valence-corrected chi connectivity index (χ0v) is 13.0. The largest absolute Gasteiger partial charge is 0.481 e. The number of pyridine rings is 1. The van der Waals surface area contributed by atoms with Crippen molar-refractivity contribution in [3.8, 4) is 5.88 Å². The van der Waals surface area contributed by atoms with Gasteiger partial charge in [-0.1, -0.05) is 0 Å². The van der Waals surface area contributed by atoms with Gasteiger partial charge in [-0.05, 0) is 18.2 Å². The number of hydrogen-bond acceptors (Lipinski definition) is 6. The minimum absolute atomic E-state index is 0.115. The molecule has 0 aliphatic heterocycles. The topological polar surface area (TPSA) is 102 Å². The van der Waals surface area contributed by atoms with E-state index in [-0.39, 0.29) is 10.9 Å². The molecule has 0 bridgehead atoms. The van der Waals surface area contributed by atoms with Gasteiger partial charge in [-0.15, -0.1) is 0 Å². The van der Waals surface area contributed by atoms with Gasteiger partial charge < -0.3 is 14.5 Å². The van der Waals surface area contributed by atoms with Crippen molar-refractivity contribution in [3.05, 3.63) is 36.2 Å². The lowest BCUT2D eigenvalue weighted by molar-refractivity contribution is 0.0991. The molecule has 0 aromatic carbocycles. The van der Waals surface area contributed by atoms with E-state index >= 15 is 0 Å². The molecule has 2 aromatic heterocycles. The first-order valence-electron chi connectivity index (χ1n) is 6.18. The van der Waals surface area contributed by atoms with Crippen molar-refractivity contribution in [1.29, 1.82) is 0 Å². The molecule has 0 aliphatic rings. The lowest BCUT2D eigenvalue weighted by atomic mass is 10.3. The van der Waals surface area contributed by atoms with Gasteiger partial charge in [0.25, 0.3) is 15.9 Å². The van der Waals surface area contributed by atoms with Crippen LogP contribution in [0.15, 0.2) is 40.0 Å². The Morgan fingerprint density at radius 1 is 1.27 bits per heavy atom. The third-order valence-corrected chi connectivity index (χ3v) is 4.43. The third-order valence-electron chi connectivity index (χ3n) is 2.74. The molecule has 1 amide bonds. The van der Waals surface area contributed by atoms with E-state index in [2.05, 4.69) is 10.3 Å². The van der Waals surface area contributed by atoms with Crippen LogP contribution in [0.3, 0.4) is 0 Å². The van der Waals surface area contributed by atoms with Crippen LogP contribution in [-0.4, -0.2) is 44.8 Å². The minimum Gasteiger partial charge on any atom is -0.481 e. The van der Waals surface area contributed by atoms with E-state index < -0.39 is 15.9 Å². The predicted molar refractivity (Wildman–Crippen MR) is 78.3 cm³/mol. The Hall–Kier alpha value is -2.39. The standard InChI is InChI=1S/C13H15N3O5S/c1-16(2)22(18,19)12-7-5-10(21-12)13(17)15-9-4-6-11(20-3)14-8-9/h4-8H,1-3H3,(H,15,17). The van der Waals surface area contributed by atoms with E-state index in [1.54, 1.807) is 12.1 Å². The van der Waals surface area contributed by atoms with Crippen molar-refractivity contribution in [2.24, 2.45) is 0 Å². The number of nitrogens with one attached hydrogen (secondary N) is 1. The molecule has 2 aromatic rings. The van der Waals surface area contributed by atoms with Gasteiger partial charge in [-0.3, -0.25) is 4.79 Å². The SMILES string of the molecule is COc1ccc(NC(=O)c2ccc(S(=O)(=O)N(C)C)o2)cn1. The highest BCUT2D eigenvalue weighted by molar-refractivity contribution is 7.88. The molecule has 0 saturated carbocycles. The Morgan fingerprint density at radius 3 is 2.55 bits per heavy atom. The maximum Gasteiger partial charge on any atom is 0.291 e. The molecular formula is C13H15N3O5S. The summed E-state index contributed by atoms with van der Waals surface area (Å²) in [6, 6.07) is 5.71. The minimum atomic E-state index is -3.71. The molecule has 8 nitrogen and oxygen atoms in total. The van der Waals surface area contributed by atoms with Crippen LogP contribution in [0.25, 0.3) is 0 Å². The number of carbonyl (C=O) groups excluding carboxylic acids is 1. The summed E-state index contributed by atoms with van der Waals surface area (Å²) in [5, 5.41) is 2.25. The molecule has 0 spiro atoms. The number of anilines is 1. The smallest absolute Gasteiger partial charge is 0.291 e. The fourth-order valence-electron chi connectivity index (χ4n) is 1.53. The maximum atomic E-state index is 12.0. The summed E-state index contributed by atoms with van der Waals surface area (Å²) < 4.78 is 34.8. The van der Waals surface area contributed by atoms with Gasteiger partial charge in [0.1, 0.15) is 0 Å². The number of carbonyl (C=O) groups is 1. The fraction of sp³-hybridized carbons (Fsp3) is 0.231. The molecule has 9 heteroatoms. The molecule has 0 radical (unpaired) electrons. The third kappa shape index (κ3) is 3.26. The van der Waals surface area contributed by atoms with E-state index in [4.69, 9.17) is 9.15 Å². The summed E-state index contributed by atoms with van der Waals surface area (Å²) >= 11 is 0. The van der Waals surface area contributed by atoms with Gasteiger partial charge in [0.15, 0.2) is 5.76 Å². The van der Waals surface area contributed by atoms with Gasteiger partial charge in [0, 0.05) is 20.2 Å². The van der Waals surface area contributed by atoms with Crippen LogP contribution in [0.5, 0.6) is 5.88 Å². The van der Waals surface area contributed by atoms with Crippen molar-refractivity contribution >= 4 is 21.6 Å². The van der Waals surface area contributed by atoms with Crippen molar-refractivity contribution in [2.45, 2.75) is 5.09 Å². The molecule has 0 atom stereocenters. The first-order chi connectivity index (χ1) is 10.3. The summed E-state index contributed by atoms with van der Waals surface area (Å²) in [6.45, 7) is 0. The average Bonchev–Trinajstić information content (AvgIpc) is 2.98. The monoisotopic (exact) mass is 325 g/mol. The second-order valence-electron chi connectivity index (χ2n) is 4.45. The van der Waals surface area contributed by atoms with E-state index in [0.29, 0.717) is 11.6 Å². The van der Waals surface area contributed by atoms with Crippen LogP contribution in [0.4, 0.5) is 5.69 Å². The number of methoxy groups -OCH3 is 1. The number of rotatable bonds is 5. The first kappa shape index (κ1) is 16.0. The summed E-state index contributed by atoms with van der Waals surface area (Å²) in [7, 11) is 0.520. The molecule has 22 heavy (non-hydrogen) atoms. The molecule has 0 fully saturated rings. The average molecular weight is 325 g/mol. The Labute approximate surface area is 127 Å². The molecule has 2 rings (SSSR count). The van der Waals surface area contributed by atoms with Crippen LogP contribution in [0, 0.1) is 0 Å². The predicted octanol–water partition coefficient (Wildman–Crippen LogP) is 1.19. The van der Waals surface area contributed by atoms with Gasteiger partial charge in [-0.2, -0.15) is 0 Å². The highest BCUT2D eigenvalue weighted by Gasteiger charge is 2.23. The lowest BCUT2D eigenvalue weighted by Crippen LogP contribution is -2.21. The number of aromatic nitrogens is 1. The van der Waals surface area contributed by atoms with Crippen LogP contribution >= 0.6 is 0 Å². The lowest BCUT2D eigenvalue weighted by Gasteiger charge is -2.07. The van der Waals surface area contributed by atoms with Crippen LogP contribution in [0.1, 0.15) is 10.6 Å². The molecular weight excluding hydrogens is 310 g/mol. The summed E-state index contributed by atoms with van der Waals surface area (Å²) in [5.74, 6) is -0.279. The quantitative estimate of drug-likeness (QED) is 0.886. The van der Waals surface area contributed by atoms with Crippen molar-refractivity contribution in [2.75, 3.05) is 26.5 Å². The molecule has 118 valence electrons. The first-order valence-corrected chi connectivity index (χ1v) is 7.62. The number of ether oxygens (including phenoxy) is 1. The van der Waals surface area contributed by atoms with E-state index in [9.17, 15) is 13.2 Å². The van der Waals surface area contributed by atoms with Crippen LogP contribution in [-0.2, 0) is 10.0 Å². The van der Waals surface area contributed by atoms with E-state index in [0.717, 1.165) is 4.31 Å². The van der Waals surface area contributed by atoms with Crippen LogP contribution < -0.4 is 10.1 Å². The highest BCUT2D eigenvalue weighted by atomic mass is 32.2. The Bertz CT molecular complexity index is 765. The Kier molecular flexibility index (Phi) is 4.48. The summed E-state index contributed by atoms with van der Waals surface area (Å²) in [6.07, 6.45) is 1.41. The molecule has 0 saturated heterocycles. The summed E-state index contributed by atoms with van der Waals surface area (Å²) in [5.41, 5.74) is 0.430. The van der Waals surface area contributed by atoms with Crippen molar-refractivity contribution < 1.29 is 22.4 Å². The van der Waals surface area contributed by atoms with Crippen molar-refractivity contribution in [1.82, 2.24) is 9.29 Å². The normalized spacial score (nSPS) is 11.5. The van der Waals surface area contributed by atoms with E-state index in [1.165, 1.54) is 39.5 Å².